The predicted octanol–water partition coefficient (Wildman–Crippen LogP) is 1.02. The fourth-order valence-electron chi connectivity index (χ4n) is 3.78. The van der Waals surface area contributed by atoms with Crippen molar-refractivity contribution >= 4 is 11.8 Å². The van der Waals surface area contributed by atoms with Crippen LogP contribution in [-0.2, 0) is 4.79 Å². The van der Waals surface area contributed by atoms with Gasteiger partial charge >= 0.3 is 0 Å². The van der Waals surface area contributed by atoms with Crippen LogP contribution in [0.5, 0.6) is 0 Å². The summed E-state index contributed by atoms with van der Waals surface area (Å²) >= 11 is 0. The number of nitrogens with one attached hydrogen (secondary N) is 1. The molecule has 0 aromatic carbocycles. The molecular weight excluding hydrogens is 308 g/mol. The van der Waals surface area contributed by atoms with E-state index in [2.05, 4.69) is 17.1 Å². The molecule has 0 saturated carbocycles. The number of fused-ring (bicyclic) bond motifs is 1. The van der Waals surface area contributed by atoms with Crippen molar-refractivity contribution in [3.63, 3.8) is 0 Å². The quantitative estimate of drug-likeness (QED) is 0.892. The summed E-state index contributed by atoms with van der Waals surface area (Å²) in [6, 6.07) is 3.04. The van der Waals surface area contributed by atoms with Crippen LogP contribution in [0.1, 0.15) is 49.5 Å². The zero-order valence-corrected chi connectivity index (χ0v) is 14.0. The van der Waals surface area contributed by atoms with Gasteiger partial charge in [0.1, 0.15) is 5.69 Å². The smallest absolute Gasteiger partial charge is 0.274 e. The van der Waals surface area contributed by atoms with Crippen molar-refractivity contribution in [2.45, 2.75) is 45.1 Å². The van der Waals surface area contributed by atoms with E-state index in [-0.39, 0.29) is 29.1 Å². The average Bonchev–Trinajstić information content (AvgIpc) is 2.60. The van der Waals surface area contributed by atoms with E-state index in [1.54, 1.807) is 4.90 Å². The average molecular weight is 332 g/mol. The van der Waals surface area contributed by atoms with Crippen molar-refractivity contribution < 1.29 is 9.59 Å². The third-order valence-electron chi connectivity index (χ3n) is 5.08. The lowest BCUT2D eigenvalue weighted by atomic mass is 9.83. The van der Waals surface area contributed by atoms with Gasteiger partial charge in [-0.05, 0) is 31.2 Å². The van der Waals surface area contributed by atoms with Gasteiger partial charge in [-0.1, -0.05) is 13.3 Å². The van der Waals surface area contributed by atoms with Gasteiger partial charge in [0.25, 0.3) is 11.5 Å². The van der Waals surface area contributed by atoms with Crippen molar-refractivity contribution in [3.8, 4) is 0 Å². The molecule has 1 aromatic rings. The molecule has 2 atom stereocenters. The molecule has 2 amide bonds. The van der Waals surface area contributed by atoms with Crippen molar-refractivity contribution in [3.05, 3.63) is 28.2 Å². The van der Waals surface area contributed by atoms with Crippen molar-refractivity contribution in [1.29, 1.82) is 0 Å². The number of H-pyrrole nitrogens is 1. The number of aromatic amines is 1. The third-order valence-corrected chi connectivity index (χ3v) is 5.08. The highest BCUT2D eigenvalue weighted by molar-refractivity contribution is 5.92. The predicted molar refractivity (Wildman–Crippen MR) is 88.5 cm³/mol. The van der Waals surface area contributed by atoms with Gasteiger partial charge in [-0.2, -0.15) is 5.10 Å². The van der Waals surface area contributed by atoms with E-state index in [0.717, 1.165) is 32.2 Å². The standard InChI is InChI=1S/C17H24N4O3/c1-2-3-9-21-14-8-10-20(11-12(14)4-7-16(21)23)17(24)13-5-6-15(22)19-18-13/h5-6,12,14H,2-4,7-11H2,1H3,(H,19,22)/t12-,14+/m0/s1. The summed E-state index contributed by atoms with van der Waals surface area (Å²) in [7, 11) is 0. The van der Waals surface area contributed by atoms with Gasteiger partial charge in [-0.15, -0.1) is 0 Å². The number of aromatic nitrogens is 2. The van der Waals surface area contributed by atoms with E-state index < -0.39 is 0 Å². The van der Waals surface area contributed by atoms with E-state index >= 15 is 0 Å². The van der Waals surface area contributed by atoms with Gasteiger partial charge in [-0.3, -0.25) is 14.4 Å². The van der Waals surface area contributed by atoms with Crippen LogP contribution in [0.15, 0.2) is 16.9 Å². The molecule has 0 radical (unpaired) electrons. The highest BCUT2D eigenvalue weighted by Gasteiger charge is 2.40. The molecule has 2 fully saturated rings. The van der Waals surface area contributed by atoms with Crippen molar-refractivity contribution in [2.24, 2.45) is 5.92 Å². The lowest BCUT2D eigenvalue weighted by Crippen LogP contribution is -2.57. The fraction of sp³-hybridized carbons (Fsp3) is 0.647. The molecule has 7 nitrogen and oxygen atoms in total. The Kier molecular flexibility index (Phi) is 4.97. The fourth-order valence-corrected chi connectivity index (χ4v) is 3.78. The maximum atomic E-state index is 12.6. The molecule has 130 valence electrons. The SMILES string of the molecule is CCCCN1C(=O)CC[C@H]2CN(C(=O)c3ccc(=O)[nH]n3)CC[C@H]21. The summed E-state index contributed by atoms with van der Waals surface area (Å²) in [5.74, 6) is 0.438. The Morgan fingerprint density at radius 2 is 2.17 bits per heavy atom. The van der Waals surface area contributed by atoms with Gasteiger partial charge in [0.15, 0.2) is 0 Å². The monoisotopic (exact) mass is 332 g/mol. The minimum absolute atomic E-state index is 0.151. The Morgan fingerprint density at radius 3 is 2.88 bits per heavy atom. The summed E-state index contributed by atoms with van der Waals surface area (Å²) in [6.45, 7) is 4.23. The number of likely N-dealkylation sites (tertiary alicyclic amines) is 2. The molecule has 1 N–H and O–H groups in total. The lowest BCUT2D eigenvalue weighted by Gasteiger charge is -2.47. The number of hydrogen-bond donors (Lipinski definition) is 1. The number of amides is 2. The zero-order valence-electron chi connectivity index (χ0n) is 14.0. The molecule has 3 heterocycles. The first kappa shape index (κ1) is 16.7. The Morgan fingerprint density at radius 1 is 1.33 bits per heavy atom. The molecule has 0 unspecified atom stereocenters. The van der Waals surface area contributed by atoms with E-state index in [1.165, 1.54) is 12.1 Å². The molecule has 0 bridgehead atoms. The number of rotatable bonds is 4. The minimum atomic E-state index is -0.317. The lowest BCUT2D eigenvalue weighted by molar-refractivity contribution is -0.140. The molecular formula is C17H24N4O3. The first-order valence-corrected chi connectivity index (χ1v) is 8.74. The molecule has 24 heavy (non-hydrogen) atoms. The zero-order chi connectivity index (χ0) is 17.1. The van der Waals surface area contributed by atoms with Crippen molar-refractivity contribution in [1.82, 2.24) is 20.0 Å². The number of nitrogens with zero attached hydrogens (tertiary/aromatic N) is 3. The maximum absolute atomic E-state index is 12.6. The Balaban J connectivity index is 1.68. The van der Waals surface area contributed by atoms with Crippen LogP contribution in [0.2, 0.25) is 0 Å². The second-order valence-electron chi connectivity index (χ2n) is 6.65. The molecule has 7 heteroatoms. The number of carbonyl (C=O) groups excluding carboxylic acids is 2. The maximum Gasteiger partial charge on any atom is 0.274 e. The van der Waals surface area contributed by atoms with Crippen LogP contribution in [-0.4, -0.2) is 57.5 Å². The molecule has 2 aliphatic heterocycles. The number of carbonyl (C=O) groups is 2. The van der Waals surface area contributed by atoms with Gasteiger partial charge in [0, 0.05) is 38.2 Å². The summed E-state index contributed by atoms with van der Waals surface area (Å²) in [5, 5.41) is 6.14. The normalized spacial score (nSPS) is 24.0. The van der Waals surface area contributed by atoms with E-state index in [1.807, 2.05) is 4.90 Å². The van der Waals surface area contributed by atoms with Crippen LogP contribution < -0.4 is 5.56 Å². The molecule has 3 rings (SSSR count). The van der Waals surface area contributed by atoms with Gasteiger partial charge in [0.2, 0.25) is 5.91 Å². The molecule has 2 aliphatic rings. The van der Waals surface area contributed by atoms with Gasteiger partial charge in [-0.25, -0.2) is 5.10 Å². The van der Waals surface area contributed by atoms with Crippen LogP contribution in [0.3, 0.4) is 0 Å². The topological polar surface area (TPSA) is 86.4 Å². The van der Waals surface area contributed by atoms with Gasteiger partial charge in [0.05, 0.1) is 0 Å². The number of unbranched alkanes of at least 4 members (excludes halogenated alkanes) is 1. The van der Waals surface area contributed by atoms with Crippen LogP contribution in [0.25, 0.3) is 0 Å². The third kappa shape index (κ3) is 3.34. The van der Waals surface area contributed by atoms with E-state index in [0.29, 0.717) is 25.4 Å². The Hall–Kier alpha value is -2.18. The summed E-state index contributed by atoms with van der Waals surface area (Å²) in [5.41, 5.74) is -0.0506. The molecule has 0 aliphatic carbocycles. The molecule has 0 spiro atoms. The second kappa shape index (κ2) is 7.15. The van der Waals surface area contributed by atoms with Crippen LogP contribution in [0, 0.1) is 5.92 Å². The molecule has 2 saturated heterocycles. The van der Waals surface area contributed by atoms with E-state index in [4.69, 9.17) is 0 Å². The minimum Gasteiger partial charge on any atom is -0.339 e. The Labute approximate surface area is 141 Å². The van der Waals surface area contributed by atoms with Crippen LogP contribution in [0.4, 0.5) is 0 Å². The second-order valence-corrected chi connectivity index (χ2v) is 6.65. The number of hydrogen-bond acceptors (Lipinski definition) is 4. The number of piperidine rings is 2. The van der Waals surface area contributed by atoms with Crippen LogP contribution >= 0.6 is 0 Å². The first-order valence-electron chi connectivity index (χ1n) is 8.74. The summed E-state index contributed by atoms with van der Waals surface area (Å²) in [4.78, 5) is 39.7. The summed E-state index contributed by atoms with van der Waals surface area (Å²) in [6.07, 6.45) is 4.33. The molecule has 1 aromatic heterocycles. The first-order chi connectivity index (χ1) is 11.6. The Bertz CT molecular complexity index is 652. The van der Waals surface area contributed by atoms with E-state index in [9.17, 15) is 14.4 Å². The largest absolute Gasteiger partial charge is 0.339 e. The summed E-state index contributed by atoms with van der Waals surface area (Å²) < 4.78 is 0. The van der Waals surface area contributed by atoms with Gasteiger partial charge < -0.3 is 9.80 Å². The highest BCUT2D eigenvalue weighted by atomic mass is 16.2. The highest BCUT2D eigenvalue weighted by Crippen LogP contribution is 2.31. The van der Waals surface area contributed by atoms with Crippen molar-refractivity contribution in [2.75, 3.05) is 19.6 Å².